The fraction of sp³-hybridized carbons (Fsp3) is 0.267. The smallest absolute Gasteiger partial charge is 0.191 e. The molecule has 20 heavy (non-hydrogen) atoms. The Hall–Kier alpha value is -2.01. The van der Waals surface area contributed by atoms with Crippen molar-refractivity contribution < 1.29 is 13.5 Å². The zero-order chi connectivity index (χ0) is 14.5. The first-order chi connectivity index (χ1) is 9.60. The lowest BCUT2D eigenvalue weighted by atomic mass is 10.1. The summed E-state index contributed by atoms with van der Waals surface area (Å²) in [6, 6.07) is 7.89. The van der Waals surface area contributed by atoms with Crippen LogP contribution in [0, 0.1) is 18.6 Å². The molecule has 2 aromatic rings. The van der Waals surface area contributed by atoms with Crippen molar-refractivity contribution in [2.24, 2.45) is 5.73 Å². The van der Waals surface area contributed by atoms with Crippen LogP contribution in [0.2, 0.25) is 0 Å². The van der Waals surface area contributed by atoms with Crippen LogP contribution in [-0.2, 0) is 13.0 Å². The first-order valence-electron chi connectivity index (χ1n) is 6.33. The normalized spacial score (nSPS) is 10.6. The number of benzene rings is 1. The van der Waals surface area contributed by atoms with Crippen LogP contribution < -0.4 is 10.5 Å². The Kier molecular flexibility index (Phi) is 4.63. The molecule has 2 N–H and O–H groups in total. The van der Waals surface area contributed by atoms with Crippen LogP contribution in [0.5, 0.6) is 5.75 Å². The summed E-state index contributed by atoms with van der Waals surface area (Å²) in [5, 5.41) is 0. The van der Waals surface area contributed by atoms with Gasteiger partial charge >= 0.3 is 0 Å². The number of nitrogens with zero attached hydrogens (tertiary/aromatic N) is 1. The van der Waals surface area contributed by atoms with Crippen molar-refractivity contribution in [1.82, 2.24) is 4.98 Å². The van der Waals surface area contributed by atoms with Gasteiger partial charge in [0, 0.05) is 5.69 Å². The van der Waals surface area contributed by atoms with E-state index in [-0.39, 0.29) is 12.4 Å². The van der Waals surface area contributed by atoms with Gasteiger partial charge < -0.3 is 10.5 Å². The minimum Gasteiger partial charge on any atom is -0.481 e. The van der Waals surface area contributed by atoms with Gasteiger partial charge in [0.15, 0.2) is 17.4 Å². The predicted octanol–water partition coefficient (Wildman–Crippen LogP) is 2.75. The summed E-state index contributed by atoms with van der Waals surface area (Å²) >= 11 is 0. The van der Waals surface area contributed by atoms with Crippen LogP contribution in [0.15, 0.2) is 30.3 Å². The molecule has 0 aliphatic rings. The topological polar surface area (TPSA) is 48.1 Å². The molecule has 106 valence electrons. The standard InChI is InChI=1S/C15H16F2N2O/c1-10-3-2-4-12(19-10)9-20-15-13(16)7-11(5-6-18)8-14(15)17/h2-4,7-8H,5-6,9,18H2,1H3. The van der Waals surface area contributed by atoms with E-state index in [9.17, 15) is 8.78 Å². The molecule has 0 saturated heterocycles. The molecule has 0 atom stereocenters. The summed E-state index contributed by atoms with van der Waals surface area (Å²) in [4.78, 5) is 4.21. The van der Waals surface area contributed by atoms with Gasteiger partial charge in [-0.2, -0.15) is 0 Å². The second-order valence-corrected chi connectivity index (χ2v) is 4.49. The molecule has 0 aliphatic heterocycles. The second kappa shape index (κ2) is 6.43. The molecule has 1 heterocycles. The second-order valence-electron chi connectivity index (χ2n) is 4.49. The van der Waals surface area contributed by atoms with E-state index in [4.69, 9.17) is 10.5 Å². The first-order valence-corrected chi connectivity index (χ1v) is 6.33. The SMILES string of the molecule is Cc1cccc(COc2c(F)cc(CCN)cc2F)n1. The lowest BCUT2D eigenvalue weighted by Crippen LogP contribution is -2.06. The van der Waals surface area contributed by atoms with Crippen LogP contribution in [-0.4, -0.2) is 11.5 Å². The maximum Gasteiger partial charge on any atom is 0.191 e. The molecule has 5 heteroatoms. The number of rotatable bonds is 5. The molecule has 3 nitrogen and oxygen atoms in total. The summed E-state index contributed by atoms with van der Waals surface area (Å²) < 4.78 is 32.8. The summed E-state index contributed by atoms with van der Waals surface area (Å²) in [6.07, 6.45) is 0.424. The van der Waals surface area contributed by atoms with Crippen molar-refractivity contribution in [3.63, 3.8) is 0 Å². The first kappa shape index (κ1) is 14.4. The summed E-state index contributed by atoms with van der Waals surface area (Å²) in [6.45, 7) is 2.20. The van der Waals surface area contributed by atoms with E-state index in [1.165, 1.54) is 12.1 Å². The molecule has 0 fully saturated rings. The molecule has 2 rings (SSSR count). The number of hydrogen-bond acceptors (Lipinski definition) is 3. The van der Waals surface area contributed by atoms with Crippen molar-refractivity contribution >= 4 is 0 Å². The maximum absolute atomic E-state index is 13.8. The summed E-state index contributed by atoms with van der Waals surface area (Å²) in [5.41, 5.74) is 7.32. The third-order valence-electron chi connectivity index (χ3n) is 2.80. The number of aromatic nitrogens is 1. The van der Waals surface area contributed by atoms with Gasteiger partial charge in [-0.1, -0.05) is 6.07 Å². The zero-order valence-electron chi connectivity index (χ0n) is 11.2. The third-order valence-corrected chi connectivity index (χ3v) is 2.80. The minimum absolute atomic E-state index is 0.0196. The average molecular weight is 278 g/mol. The van der Waals surface area contributed by atoms with Crippen LogP contribution in [0.3, 0.4) is 0 Å². The molecule has 0 saturated carbocycles. The molecular weight excluding hydrogens is 262 g/mol. The Morgan fingerprint density at radius 2 is 1.90 bits per heavy atom. The third kappa shape index (κ3) is 3.51. The Bertz CT molecular complexity index is 579. The Balaban J connectivity index is 2.13. The van der Waals surface area contributed by atoms with Crippen molar-refractivity contribution in [3.05, 3.63) is 58.9 Å². The number of aryl methyl sites for hydroxylation is 1. The van der Waals surface area contributed by atoms with Crippen LogP contribution in [0.25, 0.3) is 0 Å². The van der Waals surface area contributed by atoms with Gasteiger partial charge in [-0.25, -0.2) is 8.78 Å². The number of nitrogens with two attached hydrogens (primary N) is 1. The average Bonchev–Trinajstić information content (AvgIpc) is 2.38. The van der Waals surface area contributed by atoms with E-state index in [0.29, 0.717) is 24.2 Å². The molecule has 0 radical (unpaired) electrons. The van der Waals surface area contributed by atoms with Gasteiger partial charge in [-0.05, 0) is 49.7 Å². The molecule has 0 aliphatic carbocycles. The molecule has 0 bridgehead atoms. The maximum atomic E-state index is 13.8. The summed E-state index contributed by atoms with van der Waals surface area (Å²) in [7, 11) is 0. The molecular formula is C15H16F2N2O. The summed E-state index contributed by atoms with van der Waals surface area (Å²) in [5.74, 6) is -1.82. The number of pyridine rings is 1. The Morgan fingerprint density at radius 1 is 1.20 bits per heavy atom. The zero-order valence-corrected chi connectivity index (χ0v) is 11.2. The molecule has 0 spiro atoms. The van der Waals surface area contributed by atoms with E-state index >= 15 is 0 Å². The van der Waals surface area contributed by atoms with Gasteiger partial charge in [0.05, 0.1) is 5.69 Å². The highest BCUT2D eigenvalue weighted by atomic mass is 19.1. The highest BCUT2D eigenvalue weighted by Crippen LogP contribution is 2.24. The monoisotopic (exact) mass is 278 g/mol. The van der Waals surface area contributed by atoms with E-state index in [0.717, 1.165) is 5.69 Å². The van der Waals surface area contributed by atoms with Crippen molar-refractivity contribution in [1.29, 1.82) is 0 Å². The van der Waals surface area contributed by atoms with Gasteiger partial charge in [0.25, 0.3) is 0 Å². The van der Waals surface area contributed by atoms with Crippen LogP contribution in [0.4, 0.5) is 8.78 Å². The van der Waals surface area contributed by atoms with Crippen LogP contribution >= 0.6 is 0 Å². The van der Waals surface area contributed by atoms with E-state index in [1.807, 2.05) is 19.1 Å². The van der Waals surface area contributed by atoms with E-state index in [2.05, 4.69) is 4.98 Å². The van der Waals surface area contributed by atoms with Crippen molar-refractivity contribution in [2.45, 2.75) is 20.0 Å². The fourth-order valence-electron chi connectivity index (χ4n) is 1.89. The van der Waals surface area contributed by atoms with Gasteiger partial charge in [-0.3, -0.25) is 4.98 Å². The van der Waals surface area contributed by atoms with Crippen LogP contribution in [0.1, 0.15) is 17.0 Å². The Labute approximate surface area is 116 Å². The Morgan fingerprint density at radius 3 is 2.50 bits per heavy atom. The number of ether oxygens (including phenoxy) is 1. The molecule has 1 aromatic carbocycles. The minimum atomic E-state index is -0.721. The quantitative estimate of drug-likeness (QED) is 0.914. The van der Waals surface area contributed by atoms with E-state index in [1.54, 1.807) is 6.07 Å². The predicted molar refractivity (Wildman–Crippen MR) is 72.4 cm³/mol. The lowest BCUT2D eigenvalue weighted by Gasteiger charge is -2.10. The number of hydrogen-bond donors (Lipinski definition) is 1. The van der Waals surface area contributed by atoms with Crippen molar-refractivity contribution in [2.75, 3.05) is 6.54 Å². The van der Waals surface area contributed by atoms with Gasteiger partial charge in [-0.15, -0.1) is 0 Å². The van der Waals surface area contributed by atoms with E-state index < -0.39 is 11.6 Å². The van der Waals surface area contributed by atoms with Gasteiger partial charge in [0.1, 0.15) is 6.61 Å². The molecule has 0 amide bonds. The fourth-order valence-corrected chi connectivity index (χ4v) is 1.89. The lowest BCUT2D eigenvalue weighted by molar-refractivity contribution is 0.269. The molecule has 1 aromatic heterocycles. The molecule has 0 unspecified atom stereocenters. The largest absolute Gasteiger partial charge is 0.481 e. The highest BCUT2D eigenvalue weighted by molar-refractivity contribution is 5.31. The van der Waals surface area contributed by atoms with Crippen molar-refractivity contribution in [3.8, 4) is 5.75 Å². The van der Waals surface area contributed by atoms with Gasteiger partial charge in [0.2, 0.25) is 0 Å². The number of halogens is 2. The highest BCUT2D eigenvalue weighted by Gasteiger charge is 2.13.